The van der Waals surface area contributed by atoms with Crippen molar-refractivity contribution in [3.63, 3.8) is 0 Å². The Morgan fingerprint density at radius 2 is 1.26 bits per heavy atom. The average molecular weight is 689 g/mol. The summed E-state index contributed by atoms with van der Waals surface area (Å²) < 4.78 is 22.0. The van der Waals surface area contributed by atoms with Crippen molar-refractivity contribution < 1.29 is 33.5 Å². The van der Waals surface area contributed by atoms with Gasteiger partial charge in [0.1, 0.15) is 0 Å². The number of carbonyl (C=O) groups excluding carboxylic acids is 1. The molecule has 1 amide bonds. The fraction of sp³-hybridized carbons (Fsp3) is 0.865. The number of nitrogens with one attached hydrogen (secondary N) is 1. The van der Waals surface area contributed by atoms with Gasteiger partial charge in [-0.2, -0.15) is 0 Å². The summed E-state index contributed by atoms with van der Waals surface area (Å²) in [5.41, 5.74) is 5.34. The van der Waals surface area contributed by atoms with Crippen LogP contribution in [0.4, 0.5) is 0 Å². The van der Waals surface area contributed by atoms with Crippen LogP contribution in [0.1, 0.15) is 168 Å². The van der Waals surface area contributed by atoms with E-state index in [0.717, 1.165) is 25.7 Å². The molecule has 278 valence electrons. The molecule has 0 radical (unpaired) electrons. The van der Waals surface area contributed by atoms with E-state index in [-0.39, 0.29) is 19.6 Å². The van der Waals surface area contributed by atoms with Crippen LogP contribution in [0.25, 0.3) is 0 Å². The van der Waals surface area contributed by atoms with Crippen molar-refractivity contribution in [2.45, 2.75) is 186 Å². The predicted molar refractivity (Wildman–Crippen MR) is 195 cm³/mol. The topological polar surface area (TPSA) is 151 Å². The van der Waals surface area contributed by atoms with Crippen molar-refractivity contribution in [3.05, 3.63) is 24.3 Å². The van der Waals surface area contributed by atoms with Crippen LogP contribution < -0.4 is 11.1 Å². The zero-order valence-electron chi connectivity index (χ0n) is 30.1. The molecule has 4 unspecified atom stereocenters. The summed E-state index contributed by atoms with van der Waals surface area (Å²) in [5, 5.41) is 23.9. The standard InChI is InChI=1S/C37H73N2O7P/c1-3-5-7-9-11-13-15-16-17-19-21-23-25-27-29-36(41)35(33-46-47(43,44)45-31-30-38)39-37(42)32-34(40)28-26-24-22-20-18-14-12-10-8-6-4-2/h20,22,26,28,34-36,40-41H,3-19,21,23-25,27,29-33,38H2,1-2H3,(H,39,42)(H,43,44)/b22-20-,28-26-. The van der Waals surface area contributed by atoms with Gasteiger partial charge in [0.2, 0.25) is 5.91 Å². The lowest BCUT2D eigenvalue weighted by Crippen LogP contribution is -2.47. The summed E-state index contributed by atoms with van der Waals surface area (Å²) in [6.07, 6.45) is 32.5. The molecule has 0 fully saturated rings. The van der Waals surface area contributed by atoms with Gasteiger partial charge in [-0.3, -0.25) is 13.8 Å². The summed E-state index contributed by atoms with van der Waals surface area (Å²) in [7, 11) is -4.38. The van der Waals surface area contributed by atoms with Gasteiger partial charge in [-0.1, -0.05) is 160 Å². The van der Waals surface area contributed by atoms with Gasteiger partial charge in [0.15, 0.2) is 0 Å². The van der Waals surface area contributed by atoms with Crippen LogP contribution in [-0.4, -0.2) is 59.0 Å². The van der Waals surface area contributed by atoms with Crippen molar-refractivity contribution in [1.29, 1.82) is 0 Å². The SMILES string of the molecule is CCCCCCCC/C=C\C/C=C\C(O)CC(=O)NC(COP(=O)(O)OCCN)C(O)CCCCCCCCCCCCCCCC. The maximum absolute atomic E-state index is 12.7. The number of phosphoric acid groups is 1. The average Bonchev–Trinajstić information content (AvgIpc) is 3.04. The summed E-state index contributed by atoms with van der Waals surface area (Å²) in [4.78, 5) is 22.6. The molecule has 10 heteroatoms. The van der Waals surface area contributed by atoms with Crippen LogP contribution in [0.2, 0.25) is 0 Å². The quantitative estimate of drug-likeness (QED) is 0.0252. The maximum atomic E-state index is 12.7. The molecule has 0 spiro atoms. The lowest BCUT2D eigenvalue weighted by atomic mass is 10.0. The highest BCUT2D eigenvalue weighted by Gasteiger charge is 2.28. The smallest absolute Gasteiger partial charge is 0.391 e. The minimum atomic E-state index is -4.38. The third-order valence-electron chi connectivity index (χ3n) is 8.37. The molecule has 0 heterocycles. The van der Waals surface area contributed by atoms with Gasteiger partial charge in [-0.25, -0.2) is 4.57 Å². The Labute approximate surface area is 288 Å². The number of hydrogen-bond donors (Lipinski definition) is 5. The third kappa shape index (κ3) is 31.9. The Morgan fingerprint density at radius 3 is 1.79 bits per heavy atom. The molecule has 0 aromatic rings. The fourth-order valence-electron chi connectivity index (χ4n) is 5.47. The number of carbonyl (C=O) groups is 1. The molecule has 0 saturated carbocycles. The predicted octanol–water partition coefficient (Wildman–Crippen LogP) is 8.80. The molecule has 6 N–H and O–H groups in total. The van der Waals surface area contributed by atoms with E-state index < -0.39 is 38.6 Å². The number of hydrogen-bond acceptors (Lipinski definition) is 7. The number of amides is 1. The molecule has 0 aliphatic heterocycles. The number of aliphatic hydroxyl groups is 2. The van der Waals surface area contributed by atoms with E-state index in [9.17, 15) is 24.5 Å². The Morgan fingerprint density at radius 1 is 0.745 bits per heavy atom. The molecule has 0 bridgehead atoms. The van der Waals surface area contributed by atoms with Crippen molar-refractivity contribution >= 4 is 13.7 Å². The molecule has 47 heavy (non-hydrogen) atoms. The highest BCUT2D eigenvalue weighted by molar-refractivity contribution is 7.47. The van der Waals surface area contributed by atoms with Crippen LogP contribution in [-0.2, 0) is 18.4 Å². The van der Waals surface area contributed by atoms with Gasteiger partial charge in [0.05, 0.1) is 37.9 Å². The summed E-state index contributed by atoms with van der Waals surface area (Å²) in [6.45, 7) is 3.96. The fourth-order valence-corrected chi connectivity index (χ4v) is 6.23. The maximum Gasteiger partial charge on any atom is 0.472 e. The molecule has 0 rings (SSSR count). The second-order valence-corrected chi connectivity index (χ2v) is 14.4. The minimum absolute atomic E-state index is 0.0517. The molecular formula is C37H73N2O7P. The van der Waals surface area contributed by atoms with E-state index >= 15 is 0 Å². The first kappa shape index (κ1) is 45.9. The number of nitrogens with two attached hydrogens (primary N) is 1. The van der Waals surface area contributed by atoms with Gasteiger partial charge in [0, 0.05) is 6.54 Å². The molecular weight excluding hydrogens is 615 g/mol. The first-order chi connectivity index (χ1) is 22.8. The third-order valence-corrected chi connectivity index (χ3v) is 9.35. The lowest BCUT2D eigenvalue weighted by Gasteiger charge is -2.25. The molecule has 0 aromatic carbocycles. The second kappa shape index (κ2) is 33.4. The van der Waals surface area contributed by atoms with Crippen LogP contribution in [0.5, 0.6) is 0 Å². The summed E-state index contributed by atoms with van der Waals surface area (Å²) in [5.74, 6) is -0.481. The van der Waals surface area contributed by atoms with E-state index in [0.29, 0.717) is 12.8 Å². The van der Waals surface area contributed by atoms with Gasteiger partial charge < -0.3 is 26.2 Å². The van der Waals surface area contributed by atoms with Crippen LogP contribution >= 0.6 is 7.82 Å². The molecule has 4 atom stereocenters. The van der Waals surface area contributed by atoms with Gasteiger partial charge in [-0.05, 0) is 25.7 Å². The lowest BCUT2D eigenvalue weighted by molar-refractivity contribution is -0.124. The van der Waals surface area contributed by atoms with Gasteiger partial charge >= 0.3 is 7.82 Å². The van der Waals surface area contributed by atoms with Crippen LogP contribution in [0.3, 0.4) is 0 Å². The number of phosphoric ester groups is 1. The summed E-state index contributed by atoms with van der Waals surface area (Å²) >= 11 is 0. The number of allylic oxidation sites excluding steroid dienone is 3. The highest BCUT2D eigenvalue weighted by Crippen LogP contribution is 2.43. The second-order valence-electron chi connectivity index (χ2n) is 13.0. The van der Waals surface area contributed by atoms with E-state index in [2.05, 4.69) is 31.3 Å². The zero-order valence-corrected chi connectivity index (χ0v) is 31.0. The van der Waals surface area contributed by atoms with Crippen molar-refractivity contribution in [2.75, 3.05) is 19.8 Å². The monoisotopic (exact) mass is 689 g/mol. The zero-order chi connectivity index (χ0) is 34.9. The van der Waals surface area contributed by atoms with E-state index in [1.54, 1.807) is 6.08 Å². The minimum Gasteiger partial charge on any atom is -0.391 e. The normalized spacial score (nSPS) is 15.3. The molecule has 0 aromatic heterocycles. The molecule has 0 aliphatic carbocycles. The largest absolute Gasteiger partial charge is 0.472 e. The van der Waals surface area contributed by atoms with Gasteiger partial charge in [-0.15, -0.1) is 0 Å². The van der Waals surface area contributed by atoms with E-state index in [4.69, 9.17) is 14.8 Å². The Bertz CT molecular complexity index is 812. The molecule has 9 nitrogen and oxygen atoms in total. The van der Waals surface area contributed by atoms with Crippen molar-refractivity contribution in [3.8, 4) is 0 Å². The number of aliphatic hydroxyl groups excluding tert-OH is 2. The van der Waals surface area contributed by atoms with Crippen LogP contribution in [0, 0.1) is 0 Å². The Kier molecular flexibility index (Phi) is 32.7. The first-order valence-electron chi connectivity index (χ1n) is 19.0. The Hall–Kier alpha value is -1.06. The number of rotatable bonds is 35. The number of unbranched alkanes of at least 4 members (excludes halogenated alkanes) is 19. The molecule has 0 saturated heterocycles. The van der Waals surface area contributed by atoms with Crippen molar-refractivity contribution in [2.24, 2.45) is 5.73 Å². The van der Waals surface area contributed by atoms with Gasteiger partial charge in [0.25, 0.3) is 0 Å². The summed E-state index contributed by atoms with van der Waals surface area (Å²) in [6, 6.07) is -0.924. The van der Waals surface area contributed by atoms with E-state index in [1.807, 2.05) is 6.08 Å². The van der Waals surface area contributed by atoms with Crippen molar-refractivity contribution in [1.82, 2.24) is 5.32 Å². The highest BCUT2D eigenvalue weighted by atomic mass is 31.2. The molecule has 0 aliphatic rings. The first-order valence-corrected chi connectivity index (χ1v) is 20.5. The Balaban J connectivity index is 4.47. The van der Waals surface area contributed by atoms with Crippen LogP contribution in [0.15, 0.2) is 24.3 Å². The van der Waals surface area contributed by atoms with E-state index in [1.165, 1.54) is 109 Å².